The number of benzene rings is 1. The first-order chi connectivity index (χ1) is 14.0. The van der Waals surface area contributed by atoms with Gasteiger partial charge in [0.15, 0.2) is 5.13 Å². The van der Waals surface area contributed by atoms with Gasteiger partial charge in [-0.1, -0.05) is 31.2 Å². The van der Waals surface area contributed by atoms with Gasteiger partial charge < -0.3 is 11.5 Å². The number of thiazole rings is 1. The third-order valence-corrected chi connectivity index (χ3v) is 6.31. The average molecular weight is 421 g/mol. The molecule has 7 nitrogen and oxygen atoms in total. The fourth-order valence-corrected chi connectivity index (χ4v) is 4.62. The van der Waals surface area contributed by atoms with Crippen molar-refractivity contribution in [2.75, 3.05) is 16.8 Å². The maximum absolute atomic E-state index is 12.7. The normalized spacial score (nSPS) is 10.8. The molecule has 4 rings (SSSR count). The van der Waals surface area contributed by atoms with Crippen LogP contribution >= 0.6 is 22.7 Å². The summed E-state index contributed by atoms with van der Waals surface area (Å²) in [6, 6.07) is 9.99. The van der Waals surface area contributed by atoms with Crippen LogP contribution in [-0.2, 0) is 6.42 Å². The molecule has 3 heterocycles. The van der Waals surface area contributed by atoms with Crippen LogP contribution < -0.4 is 16.8 Å². The molecule has 0 fully saturated rings. The van der Waals surface area contributed by atoms with Crippen LogP contribution in [-0.4, -0.2) is 15.9 Å². The molecule has 0 spiro atoms. The number of carbonyl (C=O) groups is 1. The van der Waals surface area contributed by atoms with Crippen molar-refractivity contribution < 1.29 is 4.79 Å². The van der Waals surface area contributed by atoms with E-state index in [1.807, 2.05) is 24.3 Å². The van der Waals surface area contributed by atoms with Crippen LogP contribution in [0.1, 0.15) is 27.7 Å². The highest BCUT2D eigenvalue weighted by Gasteiger charge is 2.24. The third-order valence-electron chi connectivity index (χ3n) is 4.53. The Kier molecular flexibility index (Phi) is 4.88. The van der Waals surface area contributed by atoms with E-state index in [4.69, 9.17) is 11.5 Å². The number of anilines is 3. The Hall–Kier alpha value is -3.48. The van der Waals surface area contributed by atoms with Crippen molar-refractivity contribution in [2.24, 2.45) is 0 Å². The summed E-state index contributed by atoms with van der Waals surface area (Å²) >= 11 is 2.46. The van der Waals surface area contributed by atoms with E-state index in [1.165, 1.54) is 16.9 Å². The molecule has 0 radical (unpaired) electrons. The van der Waals surface area contributed by atoms with Crippen LogP contribution in [0.25, 0.3) is 21.3 Å². The van der Waals surface area contributed by atoms with E-state index in [2.05, 4.69) is 28.3 Å². The molecule has 0 saturated carbocycles. The van der Waals surface area contributed by atoms with E-state index in [9.17, 15) is 10.1 Å². The predicted molar refractivity (Wildman–Crippen MR) is 118 cm³/mol. The molecule has 29 heavy (non-hydrogen) atoms. The Morgan fingerprint density at radius 1 is 1.28 bits per heavy atom. The highest BCUT2D eigenvalue weighted by Crippen LogP contribution is 2.42. The van der Waals surface area contributed by atoms with E-state index in [0.29, 0.717) is 25.8 Å². The lowest BCUT2D eigenvalue weighted by molar-refractivity contribution is 0.103. The number of nitrogens with two attached hydrogens (primary N) is 2. The first-order valence-electron chi connectivity index (χ1n) is 8.75. The fourth-order valence-electron chi connectivity index (χ4n) is 3.09. The molecule has 0 aliphatic carbocycles. The average Bonchev–Trinajstić information content (AvgIpc) is 3.35. The molecule has 0 aliphatic heterocycles. The summed E-state index contributed by atoms with van der Waals surface area (Å²) < 4.78 is 0. The van der Waals surface area contributed by atoms with Gasteiger partial charge in [0, 0.05) is 22.5 Å². The standard InChI is InChI=1S/C20H16N6OS2/c1-2-10-3-5-11(6-4-10)13-12(9-21)17(23)25-19-14(13)15(22)16(29-19)18(27)26-20-24-7-8-28-20/h3-8H,2,22H2,1H3,(H2,23,25)(H,24,26,27). The van der Waals surface area contributed by atoms with Gasteiger partial charge in [0.1, 0.15) is 27.2 Å². The molecule has 1 amide bonds. The van der Waals surface area contributed by atoms with Gasteiger partial charge in [0.2, 0.25) is 0 Å². The van der Waals surface area contributed by atoms with Crippen LogP contribution in [0.15, 0.2) is 35.8 Å². The van der Waals surface area contributed by atoms with Gasteiger partial charge in [0.25, 0.3) is 5.91 Å². The molecule has 0 saturated heterocycles. The zero-order valence-corrected chi connectivity index (χ0v) is 17.0. The van der Waals surface area contributed by atoms with Crippen molar-refractivity contribution in [3.63, 3.8) is 0 Å². The smallest absolute Gasteiger partial charge is 0.269 e. The topological polar surface area (TPSA) is 131 Å². The zero-order chi connectivity index (χ0) is 20.5. The third kappa shape index (κ3) is 3.29. The first-order valence-corrected chi connectivity index (χ1v) is 10.4. The summed E-state index contributed by atoms with van der Waals surface area (Å²) in [5.74, 6) is -0.257. The number of amides is 1. The number of nitrogens with one attached hydrogen (secondary N) is 1. The summed E-state index contributed by atoms with van der Waals surface area (Å²) in [5, 5.41) is 15.2. The Morgan fingerprint density at radius 2 is 2.03 bits per heavy atom. The van der Waals surface area contributed by atoms with E-state index >= 15 is 0 Å². The minimum Gasteiger partial charge on any atom is -0.397 e. The molecular weight excluding hydrogens is 404 g/mol. The Balaban J connectivity index is 1.92. The lowest BCUT2D eigenvalue weighted by Gasteiger charge is -2.10. The van der Waals surface area contributed by atoms with Crippen molar-refractivity contribution in [2.45, 2.75) is 13.3 Å². The Morgan fingerprint density at radius 3 is 2.66 bits per heavy atom. The zero-order valence-electron chi connectivity index (χ0n) is 15.4. The number of thiophene rings is 1. The lowest BCUT2D eigenvalue weighted by atomic mass is 9.96. The monoisotopic (exact) mass is 420 g/mol. The van der Waals surface area contributed by atoms with Gasteiger partial charge >= 0.3 is 0 Å². The molecule has 3 aromatic heterocycles. The molecule has 5 N–H and O–H groups in total. The number of nitriles is 1. The highest BCUT2D eigenvalue weighted by molar-refractivity contribution is 7.21. The summed E-state index contributed by atoms with van der Waals surface area (Å²) in [7, 11) is 0. The minimum absolute atomic E-state index is 0.114. The van der Waals surface area contributed by atoms with Gasteiger partial charge in [0.05, 0.1) is 5.69 Å². The van der Waals surface area contributed by atoms with Crippen molar-refractivity contribution in [1.29, 1.82) is 5.26 Å². The van der Waals surface area contributed by atoms with Crippen molar-refractivity contribution in [3.05, 3.63) is 51.8 Å². The fraction of sp³-hybridized carbons (Fsp3) is 0.100. The second-order valence-corrected chi connectivity index (χ2v) is 8.12. The first kappa shape index (κ1) is 18.9. The minimum atomic E-state index is -0.371. The second-order valence-electron chi connectivity index (χ2n) is 6.23. The summed E-state index contributed by atoms with van der Waals surface area (Å²) in [6.45, 7) is 2.07. The van der Waals surface area contributed by atoms with E-state index < -0.39 is 0 Å². The molecular formula is C20H16N6OS2. The second kappa shape index (κ2) is 7.50. The number of carbonyl (C=O) groups excluding carboxylic acids is 1. The molecule has 1 aromatic carbocycles. The van der Waals surface area contributed by atoms with Gasteiger partial charge in [-0.15, -0.1) is 22.7 Å². The molecule has 9 heteroatoms. The van der Waals surface area contributed by atoms with Crippen LogP contribution in [0.4, 0.5) is 16.6 Å². The van der Waals surface area contributed by atoms with Gasteiger partial charge in [-0.2, -0.15) is 5.26 Å². The van der Waals surface area contributed by atoms with Gasteiger partial charge in [-0.05, 0) is 17.5 Å². The number of hydrogen-bond acceptors (Lipinski definition) is 8. The van der Waals surface area contributed by atoms with Crippen molar-refractivity contribution in [3.8, 4) is 17.2 Å². The number of nitrogens with zero attached hydrogens (tertiary/aromatic N) is 3. The number of nitrogen functional groups attached to an aromatic ring is 2. The van der Waals surface area contributed by atoms with Crippen LogP contribution in [0, 0.1) is 11.3 Å². The maximum Gasteiger partial charge on any atom is 0.269 e. The number of pyridine rings is 1. The number of aryl methyl sites for hydroxylation is 1. The Labute approximate surface area is 174 Å². The molecule has 144 valence electrons. The molecule has 0 atom stereocenters. The van der Waals surface area contributed by atoms with E-state index in [-0.39, 0.29) is 23.0 Å². The number of aromatic nitrogens is 2. The highest BCUT2D eigenvalue weighted by atomic mass is 32.1. The Bertz CT molecular complexity index is 1250. The summed E-state index contributed by atoms with van der Waals surface area (Å²) in [6.07, 6.45) is 2.51. The number of hydrogen-bond donors (Lipinski definition) is 3. The summed E-state index contributed by atoms with van der Waals surface area (Å²) in [5.41, 5.74) is 15.5. The van der Waals surface area contributed by atoms with E-state index in [0.717, 1.165) is 23.3 Å². The molecule has 4 aromatic rings. The maximum atomic E-state index is 12.7. The molecule has 0 bridgehead atoms. The summed E-state index contributed by atoms with van der Waals surface area (Å²) in [4.78, 5) is 21.9. The molecule has 0 unspecified atom stereocenters. The number of fused-ring (bicyclic) bond motifs is 1. The van der Waals surface area contributed by atoms with Gasteiger partial charge in [-0.25, -0.2) is 9.97 Å². The SMILES string of the molecule is CCc1ccc(-c2c(C#N)c(N)nc3sc(C(=O)Nc4nccs4)c(N)c23)cc1. The molecule has 0 aliphatic rings. The van der Waals surface area contributed by atoms with Crippen molar-refractivity contribution in [1.82, 2.24) is 9.97 Å². The lowest BCUT2D eigenvalue weighted by Crippen LogP contribution is -2.11. The largest absolute Gasteiger partial charge is 0.397 e. The van der Waals surface area contributed by atoms with Crippen molar-refractivity contribution >= 4 is 55.4 Å². The van der Waals surface area contributed by atoms with Crippen LogP contribution in [0.2, 0.25) is 0 Å². The quantitative estimate of drug-likeness (QED) is 0.452. The van der Waals surface area contributed by atoms with Crippen LogP contribution in [0.5, 0.6) is 0 Å². The van der Waals surface area contributed by atoms with E-state index in [1.54, 1.807) is 11.6 Å². The van der Waals surface area contributed by atoms with Crippen LogP contribution in [0.3, 0.4) is 0 Å². The predicted octanol–water partition coefficient (Wildman–Crippen LogP) is 4.27. The number of rotatable bonds is 4. The van der Waals surface area contributed by atoms with Gasteiger partial charge in [-0.3, -0.25) is 10.1 Å².